The lowest BCUT2D eigenvalue weighted by Gasteiger charge is -2.07. The Morgan fingerprint density at radius 2 is 2.11 bits per heavy atom. The molecule has 0 bridgehead atoms. The number of hydrogen-bond acceptors (Lipinski definition) is 4. The van der Waals surface area contributed by atoms with E-state index in [-0.39, 0.29) is 11.4 Å². The van der Waals surface area contributed by atoms with Gasteiger partial charge in [0.15, 0.2) is 0 Å². The smallest absolute Gasteiger partial charge is 0.269 e. The maximum atomic E-state index is 12.9. The molecule has 0 aliphatic carbocycles. The third-order valence-corrected chi connectivity index (χ3v) is 2.28. The number of aryl methyl sites for hydroxylation is 1. The monoisotopic (exact) mass is 248 g/mol. The number of nitrogens with zero attached hydrogens (tertiary/aromatic N) is 2. The molecule has 0 fully saturated rings. The van der Waals surface area contributed by atoms with Crippen LogP contribution in [-0.2, 0) is 0 Å². The predicted molar refractivity (Wildman–Crippen MR) is 62.1 cm³/mol. The highest BCUT2D eigenvalue weighted by Gasteiger charge is 2.09. The number of pyridine rings is 1. The first-order valence-electron chi connectivity index (χ1n) is 5.10. The summed E-state index contributed by atoms with van der Waals surface area (Å²) in [5.74, 6) is 0.159. The van der Waals surface area contributed by atoms with Gasteiger partial charge in [0.1, 0.15) is 17.3 Å². The van der Waals surface area contributed by atoms with Crippen LogP contribution in [-0.4, -0.2) is 9.91 Å². The first kappa shape index (κ1) is 12.0. The van der Waals surface area contributed by atoms with Crippen LogP contribution in [0.15, 0.2) is 36.7 Å². The van der Waals surface area contributed by atoms with Crippen molar-refractivity contribution in [3.05, 3.63) is 58.2 Å². The summed E-state index contributed by atoms with van der Waals surface area (Å²) >= 11 is 0. The maximum Gasteiger partial charge on any atom is 0.269 e. The van der Waals surface area contributed by atoms with Gasteiger partial charge in [0, 0.05) is 18.2 Å². The number of hydrogen-bond donors (Lipinski definition) is 0. The van der Waals surface area contributed by atoms with E-state index in [4.69, 9.17) is 4.74 Å². The topological polar surface area (TPSA) is 65.3 Å². The Bertz CT molecular complexity index is 602. The van der Waals surface area contributed by atoms with Crippen LogP contribution in [0, 0.1) is 22.9 Å². The minimum absolute atomic E-state index is 0.0165. The predicted octanol–water partition coefficient (Wildman–Crippen LogP) is 3.23. The first-order chi connectivity index (χ1) is 8.56. The van der Waals surface area contributed by atoms with Gasteiger partial charge >= 0.3 is 0 Å². The van der Waals surface area contributed by atoms with Crippen molar-refractivity contribution in [1.82, 2.24) is 4.98 Å². The average molecular weight is 248 g/mol. The SMILES string of the molecule is Cc1cc([N+](=O)[O-])ccc1Oc1cncc(F)c1. The van der Waals surface area contributed by atoms with Crippen molar-refractivity contribution in [1.29, 1.82) is 0 Å². The molecular weight excluding hydrogens is 239 g/mol. The average Bonchev–Trinajstić information content (AvgIpc) is 2.31. The Morgan fingerprint density at radius 1 is 1.33 bits per heavy atom. The summed E-state index contributed by atoms with van der Waals surface area (Å²) in [7, 11) is 0. The fourth-order valence-electron chi connectivity index (χ4n) is 1.44. The fraction of sp³-hybridized carbons (Fsp3) is 0.0833. The molecule has 2 rings (SSSR count). The minimum Gasteiger partial charge on any atom is -0.455 e. The first-order valence-corrected chi connectivity index (χ1v) is 5.10. The van der Waals surface area contributed by atoms with Crippen molar-refractivity contribution in [2.75, 3.05) is 0 Å². The number of halogens is 1. The van der Waals surface area contributed by atoms with Gasteiger partial charge in [0.05, 0.1) is 17.3 Å². The molecule has 5 nitrogen and oxygen atoms in total. The molecule has 0 aliphatic rings. The third kappa shape index (κ3) is 2.60. The van der Waals surface area contributed by atoms with Crippen LogP contribution in [0.25, 0.3) is 0 Å². The van der Waals surface area contributed by atoms with E-state index in [1.54, 1.807) is 6.92 Å². The van der Waals surface area contributed by atoms with Gasteiger partial charge in [-0.25, -0.2) is 4.39 Å². The number of aromatic nitrogens is 1. The van der Waals surface area contributed by atoms with E-state index < -0.39 is 10.7 Å². The molecule has 6 heteroatoms. The van der Waals surface area contributed by atoms with Crippen molar-refractivity contribution in [3.8, 4) is 11.5 Å². The number of non-ortho nitro benzene ring substituents is 1. The quantitative estimate of drug-likeness (QED) is 0.617. The highest BCUT2D eigenvalue weighted by atomic mass is 19.1. The van der Waals surface area contributed by atoms with E-state index in [9.17, 15) is 14.5 Å². The van der Waals surface area contributed by atoms with Gasteiger partial charge in [0.25, 0.3) is 5.69 Å². The van der Waals surface area contributed by atoms with Gasteiger partial charge in [-0.3, -0.25) is 15.1 Å². The van der Waals surface area contributed by atoms with Gasteiger partial charge in [-0.15, -0.1) is 0 Å². The third-order valence-electron chi connectivity index (χ3n) is 2.28. The summed E-state index contributed by atoms with van der Waals surface area (Å²) in [5.41, 5.74) is 0.575. The fourth-order valence-corrected chi connectivity index (χ4v) is 1.44. The summed E-state index contributed by atoms with van der Waals surface area (Å²) in [6, 6.07) is 5.38. The second kappa shape index (κ2) is 4.79. The van der Waals surface area contributed by atoms with Gasteiger partial charge in [-0.2, -0.15) is 0 Å². The Balaban J connectivity index is 2.27. The summed E-state index contributed by atoms with van der Waals surface area (Å²) in [6.07, 6.45) is 2.43. The number of rotatable bonds is 3. The highest BCUT2D eigenvalue weighted by molar-refractivity contribution is 5.44. The lowest BCUT2D eigenvalue weighted by molar-refractivity contribution is -0.384. The molecule has 92 valence electrons. The number of ether oxygens (including phenoxy) is 1. The normalized spacial score (nSPS) is 10.1. The van der Waals surface area contributed by atoms with E-state index in [1.807, 2.05) is 0 Å². The van der Waals surface area contributed by atoms with Crippen molar-refractivity contribution < 1.29 is 14.1 Å². The molecule has 0 saturated carbocycles. The minimum atomic E-state index is -0.507. The molecule has 0 spiro atoms. The Kier molecular flexibility index (Phi) is 3.18. The highest BCUT2D eigenvalue weighted by Crippen LogP contribution is 2.27. The van der Waals surface area contributed by atoms with E-state index in [0.717, 1.165) is 6.20 Å². The second-order valence-corrected chi connectivity index (χ2v) is 3.65. The van der Waals surface area contributed by atoms with Crippen molar-refractivity contribution in [3.63, 3.8) is 0 Å². The van der Waals surface area contributed by atoms with Crippen molar-refractivity contribution >= 4 is 5.69 Å². The van der Waals surface area contributed by atoms with Gasteiger partial charge in [-0.1, -0.05) is 0 Å². The largest absolute Gasteiger partial charge is 0.455 e. The van der Waals surface area contributed by atoms with Crippen LogP contribution in [0.1, 0.15) is 5.56 Å². The zero-order chi connectivity index (χ0) is 13.1. The molecule has 0 N–H and O–H groups in total. The van der Waals surface area contributed by atoms with Crippen LogP contribution < -0.4 is 4.74 Å². The van der Waals surface area contributed by atoms with Crippen molar-refractivity contribution in [2.24, 2.45) is 0 Å². The second-order valence-electron chi connectivity index (χ2n) is 3.65. The van der Waals surface area contributed by atoms with Gasteiger partial charge in [0.2, 0.25) is 0 Å². The van der Waals surface area contributed by atoms with E-state index in [2.05, 4.69) is 4.98 Å². The molecule has 0 radical (unpaired) electrons. The summed E-state index contributed by atoms with van der Waals surface area (Å²) in [6.45, 7) is 1.68. The molecule has 2 aromatic rings. The molecule has 0 saturated heterocycles. The standard InChI is InChI=1S/C12H9FN2O3/c1-8-4-10(15(16)17)2-3-12(8)18-11-5-9(13)6-14-7-11/h2-7H,1H3. The zero-order valence-electron chi connectivity index (χ0n) is 9.46. The zero-order valence-corrected chi connectivity index (χ0v) is 9.46. The molecule has 0 unspecified atom stereocenters. The Hall–Kier alpha value is -2.50. The van der Waals surface area contributed by atoms with Crippen LogP contribution in [0.5, 0.6) is 11.5 Å². The van der Waals surface area contributed by atoms with Gasteiger partial charge in [-0.05, 0) is 18.6 Å². The molecule has 0 atom stereocenters. The van der Waals surface area contributed by atoms with E-state index in [1.165, 1.54) is 30.5 Å². The van der Waals surface area contributed by atoms with Crippen molar-refractivity contribution in [2.45, 2.75) is 6.92 Å². The summed E-state index contributed by atoms with van der Waals surface area (Å²) in [5, 5.41) is 10.6. The molecule has 1 heterocycles. The number of benzene rings is 1. The molecule has 1 aromatic carbocycles. The lowest BCUT2D eigenvalue weighted by Crippen LogP contribution is -1.92. The number of nitro groups is 1. The summed E-state index contributed by atoms with van der Waals surface area (Å²) in [4.78, 5) is 13.7. The van der Waals surface area contributed by atoms with E-state index in [0.29, 0.717) is 11.3 Å². The molecule has 18 heavy (non-hydrogen) atoms. The Morgan fingerprint density at radius 3 is 2.72 bits per heavy atom. The number of nitro benzene ring substituents is 1. The van der Waals surface area contributed by atoms with Crippen LogP contribution >= 0.6 is 0 Å². The van der Waals surface area contributed by atoms with Gasteiger partial charge < -0.3 is 4.74 Å². The Labute approximate surface area is 102 Å². The molecular formula is C12H9FN2O3. The van der Waals surface area contributed by atoms with Crippen LogP contribution in [0.2, 0.25) is 0 Å². The lowest BCUT2D eigenvalue weighted by atomic mass is 10.2. The van der Waals surface area contributed by atoms with E-state index >= 15 is 0 Å². The summed E-state index contributed by atoms with van der Waals surface area (Å²) < 4.78 is 18.3. The van der Waals surface area contributed by atoms with Crippen LogP contribution in [0.4, 0.5) is 10.1 Å². The van der Waals surface area contributed by atoms with Crippen LogP contribution in [0.3, 0.4) is 0 Å². The maximum absolute atomic E-state index is 12.9. The molecule has 0 aliphatic heterocycles. The molecule has 1 aromatic heterocycles. The molecule has 0 amide bonds.